The van der Waals surface area contributed by atoms with Gasteiger partial charge in [-0.15, -0.1) is 0 Å². The first kappa shape index (κ1) is 19.4. The molecule has 27 heavy (non-hydrogen) atoms. The largest absolute Gasteiger partial charge is 0.336 e. The van der Waals surface area contributed by atoms with Crippen LogP contribution in [0.4, 0.5) is 4.79 Å². The van der Waals surface area contributed by atoms with E-state index in [4.69, 9.17) is 0 Å². The number of rotatable bonds is 6. The molecule has 1 aliphatic heterocycles. The van der Waals surface area contributed by atoms with Crippen LogP contribution >= 0.6 is 0 Å². The van der Waals surface area contributed by atoms with Gasteiger partial charge >= 0.3 is 6.03 Å². The van der Waals surface area contributed by atoms with Crippen LogP contribution in [0.5, 0.6) is 0 Å². The summed E-state index contributed by atoms with van der Waals surface area (Å²) in [5.41, 5.74) is 2.54. The van der Waals surface area contributed by atoms with Gasteiger partial charge < -0.3 is 15.1 Å². The van der Waals surface area contributed by atoms with Gasteiger partial charge in [0.2, 0.25) is 0 Å². The topological polar surface area (TPSA) is 38.8 Å². The van der Waals surface area contributed by atoms with Crippen molar-refractivity contribution in [3.8, 4) is 0 Å². The number of piperazine rings is 1. The van der Waals surface area contributed by atoms with Crippen LogP contribution in [0.15, 0.2) is 60.7 Å². The van der Waals surface area contributed by atoms with Crippen LogP contribution in [-0.4, -0.2) is 67.5 Å². The van der Waals surface area contributed by atoms with Gasteiger partial charge in [0.15, 0.2) is 0 Å². The zero-order valence-electron chi connectivity index (χ0n) is 16.3. The Bertz CT molecular complexity index is 697. The van der Waals surface area contributed by atoms with Crippen LogP contribution in [0.25, 0.3) is 0 Å². The fraction of sp³-hybridized carbons (Fsp3) is 0.409. The third-order valence-electron chi connectivity index (χ3n) is 5.16. The van der Waals surface area contributed by atoms with E-state index in [0.717, 1.165) is 32.7 Å². The molecule has 3 rings (SSSR count). The zero-order chi connectivity index (χ0) is 19.1. The molecule has 1 heterocycles. The zero-order valence-corrected chi connectivity index (χ0v) is 16.3. The first-order valence-electron chi connectivity index (χ1n) is 9.64. The predicted octanol–water partition coefficient (Wildman–Crippen LogP) is 2.82. The van der Waals surface area contributed by atoms with Gasteiger partial charge in [0.1, 0.15) is 0 Å². The van der Waals surface area contributed by atoms with Crippen LogP contribution in [0, 0.1) is 0 Å². The third kappa shape index (κ3) is 5.55. The maximum absolute atomic E-state index is 12.6. The minimum atomic E-state index is 0.0390. The number of likely N-dealkylation sites (N-methyl/N-ethyl adjacent to an activating group) is 1. The highest BCUT2D eigenvalue weighted by Gasteiger charge is 2.22. The van der Waals surface area contributed by atoms with E-state index in [1.54, 1.807) is 0 Å². The van der Waals surface area contributed by atoms with E-state index in [1.807, 2.05) is 43.3 Å². The second kappa shape index (κ2) is 9.53. The maximum Gasteiger partial charge on any atom is 0.317 e. The second-order valence-corrected chi connectivity index (χ2v) is 7.32. The molecular weight excluding hydrogens is 336 g/mol. The Hall–Kier alpha value is -2.37. The maximum atomic E-state index is 12.6. The molecule has 1 fully saturated rings. The normalized spacial score (nSPS) is 16.3. The molecule has 0 aromatic heterocycles. The van der Waals surface area contributed by atoms with E-state index in [2.05, 4.69) is 51.5 Å². The number of amides is 2. The quantitative estimate of drug-likeness (QED) is 0.854. The number of hydrogen-bond donors (Lipinski definition) is 1. The fourth-order valence-electron chi connectivity index (χ4n) is 3.52. The highest BCUT2D eigenvalue weighted by atomic mass is 16.2. The molecule has 1 unspecified atom stereocenters. The molecular formula is C22H30N4O. The highest BCUT2D eigenvalue weighted by Crippen LogP contribution is 2.17. The summed E-state index contributed by atoms with van der Waals surface area (Å²) in [4.78, 5) is 19.1. The van der Waals surface area contributed by atoms with Gasteiger partial charge in [0.25, 0.3) is 0 Å². The summed E-state index contributed by atoms with van der Waals surface area (Å²) < 4.78 is 0. The lowest BCUT2D eigenvalue weighted by Gasteiger charge is -2.35. The summed E-state index contributed by atoms with van der Waals surface area (Å²) >= 11 is 0. The van der Waals surface area contributed by atoms with E-state index in [-0.39, 0.29) is 12.1 Å². The molecule has 2 amide bonds. The van der Waals surface area contributed by atoms with Gasteiger partial charge in [-0.25, -0.2) is 4.79 Å². The number of hydrogen-bond acceptors (Lipinski definition) is 3. The van der Waals surface area contributed by atoms with E-state index in [1.165, 1.54) is 11.1 Å². The van der Waals surface area contributed by atoms with Crippen molar-refractivity contribution in [1.82, 2.24) is 20.0 Å². The lowest BCUT2D eigenvalue weighted by Crippen LogP contribution is -2.52. The summed E-state index contributed by atoms with van der Waals surface area (Å²) in [6.07, 6.45) is 0. The number of carbonyl (C=O) groups is 1. The van der Waals surface area contributed by atoms with E-state index in [9.17, 15) is 4.79 Å². The van der Waals surface area contributed by atoms with Crippen molar-refractivity contribution in [3.05, 3.63) is 71.8 Å². The van der Waals surface area contributed by atoms with Gasteiger partial charge in [-0.2, -0.15) is 0 Å². The molecule has 0 bridgehead atoms. The molecule has 0 aliphatic carbocycles. The van der Waals surface area contributed by atoms with E-state index >= 15 is 0 Å². The average Bonchev–Trinajstić information content (AvgIpc) is 2.70. The molecule has 0 radical (unpaired) electrons. The minimum Gasteiger partial charge on any atom is -0.336 e. The molecule has 0 saturated carbocycles. The molecule has 0 spiro atoms. The molecule has 5 nitrogen and oxygen atoms in total. The Labute approximate surface area is 162 Å². The molecule has 1 aliphatic rings. The number of urea groups is 1. The Kier molecular flexibility index (Phi) is 6.85. The highest BCUT2D eigenvalue weighted by molar-refractivity contribution is 5.74. The van der Waals surface area contributed by atoms with Crippen molar-refractivity contribution in [1.29, 1.82) is 0 Å². The van der Waals surface area contributed by atoms with Crippen LogP contribution < -0.4 is 5.32 Å². The van der Waals surface area contributed by atoms with Crippen molar-refractivity contribution < 1.29 is 4.79 Å². The van der Waals surface area contributed by atoms with Gasteiger partial charge in [-0.3, -0.25) is 4.90 Å². The van der Waals surface area contributed by atoms with Crippen LogP contribution in [0.1, 0.15) is 17.2 Å². The molecule has 5 heteroatoms. The molecule has 1 saturated heterocycles. The average molecular weight is 367 g/mol. The van der Waals surface area contributed by atoms with Gasteiger partial charge in [-0.05, 0) is 25.2 Å². The van der Waals surface area contributed by atoms with Gasteiger partial charge in [0, 0.05) is 39.3 Å². The lowest BCUT2D eigenvalue weighted by atomic mass is 10.1. The second-order valence-electron chi connectivity index (χ2n) is 7.32. The molecule has 2 aromatic carbocycles. The predicted molar refractivity (Wildman–Crippen MR) is 110 cm³/mol. The summed E-state index contributed by atoms with van der Waals surface area (Å²) in [6.45, 7) is 4.94. The van der Waals surface area contributed by atoms with Gasteiger partial charge in [-0.1, -0.05) is 60.7 Å². The first-order valence-corrected chi connectivity index (χ1v) is 9.64. The third-order valence-corrected chi connectivity index (χ3v) is 5.16. The molecule has 1 atom stereocenters. The smallest absolute Gasteiger partial charge is 0.317 e. The van der Waals surface area contributed by atoms with Crippen molar-refractivity contribution in [2.75, 3.05) is 46.8 Å². The summed E-state index contributed by atoms with van der Waals surface area (Å²) in [6, 6.07) is 21.0. The Balaban J connectivity index is 1.46. The SMILES string of the molecule is CN(C)C(CNC(=O)N1CCN(Cc2ccccc2)CC1)c1ccccc1. The van der Waals surface area contributed by atoms with Crippen molar-refractivity contribution in [3.63, 3.8) is 0 Å². The van der Waals surface area contributed by atoms with Crippen LogP contribution in [0.2, 0.25) is 0 Å². The van der Waals surface area contributed by atoms with E-state index in [0.29, 0.717) is 6.54 Å². The summed E-state index contributed by atoms with van der Waals surface area (Å²) in [5, 5.41) is 3.12. The summed E-state index contributed by atoms with van der Waals surface area (Å²) in [5.74, 6) is 0. The lowest BCUT2D eigenvalue weighted by molar-refractivity contribution is 0.133. The number of benzene rings is 2. The van der Waals surface area contributed by atoms with E-state index < -0.39 is 0 Å². The Morgan fingerprint density at radius 2 is 1.56 bits per heavy atom. The van der Waals surface area contributed by atoms with Crippen molar-refractivity contribution in [2.24, 2.45) is 0 Å². The standard InChI is InChI=1S/C22H30N4O/c1-24(2)21(20-11-7-4-8-12-20)17-23-22(27)26-15-13-25(14-16-26)18-19-9-5-3-6-10-19/h3-12,21H,13-18H2,1-2H3,(H,23,27). The number of nitrogens with zero attached hydrogens (tertiary/aromatic N) is 3. The molecule has 144 valence electrons. The number of nitrogens with one attached hydrogen (secondary N) is 1. The summed E-state index contributed by atoms with van der Waals surface area (Å²) in [7, 11) is 4.10. The van der Waals surface area contributed by atoms with Gasteiger partial charge in [0.05, 0.1) is 6.04 Å². The van der Waals surface area contributed by atoms with Crippen LogP contribution in [0.3, 0.4) is 0 Å². The number of carbonyl (C=O) groups excluding carboxylic acids is 1. The molecule has 2 aromatic rings. The first-order chi connectivity index (χ1) is 13.1. The Morgan fingerprint density at radius 3 is 2.15 bits per heavy atom. The Morgan fingerprint density at radius 1 is 0.963 bits per heavy atom. The minimum absolute atomic E-state index is 0.0390. The van der Waals surface area contributed by atoms with Crippen molar-refractivity contribution in [2.45, 2.75) is 12.6 Å². The fourth-order valence-corrected chi connectivity index (χ4v) is 3.52. The molecule has 1 N–H and O–H groups in total. The van der Waals surface area contributed by atoms with Crippen molar-refractivity contribution >= 4 is 6.03 Å². The monoisotopic (exact) mass is 366 g/mol. The van der Waals surface area contributed by atoms with Crippen LogP contribution in [-0.2, 0) is 6.54 Å².